The molecule has 5 heteroatoms. The summed E-state index contributed by atoms with van der Waals surface area (Å²) < 4.78 is 10.2. The van der Waals surface area contributed by atoms with Gasteiger partial charge in [0.1, 0.15) is 11.3 Å². The van der Waals surface area contributed by atoms with Crippen LogP contribution in [0.1, 0.15) is 28.6 Å². The summed E-state index contributed by atoms with van der Waals surface area (Å²) in [6.45, 7) is 3.39. The SMILES string of the molecule is Cc1occc1C(=O)OCC(=O)N1c2ccccc2C[C@H]1C. The van der Waals surface area contributed by atoms with E-state index in [1.54, 1.807) is 11.8 Å². The molecule has 22 heavy (non-hydrogen) atoms. The molecule has 0 unspecified atom stereocenters. The number of anilines is 1. The molecule has 0 saturated heterocycles. The highest BCUT2D eigenvalue weighted by atomic mass is 16.5. The van der Waals surface area contributed by atoms with E-state index < -0.39 is 5.97 Å². The van der Waals surface area contributed by atoms with Gasteiger partial charge in [-0.25, -0.2) is 4.79 Å². The molecule has 114 valence electrons. The van der Waals surface area contributed by atoms with Crippen molar-refractivity contribution >= 4 is 17.6 Å². The highest BCUT2D eigenvalue weighted by molar-refractivity contribution is 5.99. The zero-order chi connectivity index (χ0) is 15.7. The van der Waals surface area contributed by atoms with Gasteiger partial charge in [-0.2, -0.15) is 0 Å². The van der Waals surface area contributed by atoms with Gasteiger partial charge in [0.15, 0.2) is 6.61 Å². The average molecular weight is 299 g/mol. The van der Waals surface area contributed by atoms with Gasteiger partial charge in [0.05, 0.1) is 6.26 Å². The van der Waals surface area contributed by atoms with Crippen LogP contribution in [-0.2, 0) is 16.0 Å². The predicted octanol–water partition coefficient (Wildman–Crippen LogP) is 2.72. The van der Waals surface area contributed by atoms with Crippen LogP contribution in [0.3, 0.4) is 0 Å². The number of furan rings is 1. The van der Waals surface area contributed by atoms with Crippen LogP contribution in [0.4, 0.5) is 5.69 Å². The summed E-state index contributed by atoms with van der Waals surface area (Å²) in [5.41, 5.74) is 2.39. The maximum Gasteiger partial charge on any atom is 0.342 e. The van der Waals surface area contributed by atoms with Crippen LogP contribution in [0.25, 0.3) is 0 Å². The first kappa shape index (κ1) is 14.4. The molecule has 0 spiro atoms. The second-order valence-electron chi connectivity index (χ2n) is 5.41. The molecule has 5 nitrogen and oxygen atoms in total. The third-order valence-electron chi connectivity index (χ3n) is 3.88. The van der Waals surface area contributed by atoms with Gasteiger partial charge >= 0.3 is 5.97 Å². The smallest absolute Gasteiger partial charge is 0.342 e. The van der Waals surface area contributed by atoms with Crippen LogP contribution in [0.5, 0.6) is 0 Å². The molecule has 2 aromatic rings. The van der Waals surface area contributed by atoms with Crippen LogP contribution in [-0.4, -0.2) is 24.5 Å². The summed E-state index contributed by atoms with van der Waals surface area (Å²) in [5, 5.41) is 0. The third-order valence-corrected chi connectivity index (χ3v) is 3.88. The minimum atomic E-state index is -0.542. The van der Waals surface area contributed by atoms with Crippen LogP contribution >= 0.6 is 0 Å². The average Bonchev–Trinajstić information content (AvgIpc) is 3.06. The number of carbonyl (C=O) groups is 2. The van der Waals surface area contributed by atoms with Gasteiger partial charge < -0.3 is 14.1 Å². The van der Waals surface area contributed by atoms with E-state index in [1.165, 1.54) is 12.3 Å². The number of nitrogens with zero attached hydrogens (tertiary/aromatic N) is 1. The molecule has 0 fully saturated rings. The molecular weight excluding hydrogens is 282 g/mol. The van der Waals surface area contributed by atoms with Crippen molar-refractivity contribution in [3.8, 4) is 0 Å². The number of rotatable bonds is 3. The molecular formula is C17H17NO4. The molecule has 0 aliphatic carbocycles. The molecule has 1 atom stereocenters. The Labute approximate surface area is 128 Å². The molecule has 2 heterocycles. The van der Waals surface area contributed by atoms with Gasteiger partial charge in [-0.1, -0.05) is 18.2 Å². The summed E-state index contributed by atoms with van der Waals surface area (Å²) in [7, 11) is 0. The van der Waals surface area contributed by atoms with Gasteiger partial charge in [0.25, 0.3) is 5.91 Å². The van der Waals surface area contributed by atoms with E-state index in [0.717, 1.165) is 17.7 Å². The fourth-order valence-electron chi connectivity index (χ4n) is 2.82. The van der Waals surface area contributed by atoms with Crippen molar-refractivity contribution in [3.63, 3.8) is 0 Å². The number of fused-ring (bicyclic) bond motifs is 1. The minimum absolute atomic E-state index is 0.0688. The maximum atomic E-state index is 12.4. The molecule has 1 aromatic heterocycles. The lowest BCUT2D eigenvalue weighted by Crippen LogP contribution is -2.38. The Morgan fingerprint density at radius 1 is 1.32 bits per heavy atom. The first-order valence-electron chi connectivity index (χ1n) is 7.19. The van der Waals surface area contributed by atoms with E-state index in [2.05, 4.69) is 0 Å². The van der Waals surface area contributed by atoms with Gasteiger partial charge in [0, 0.05) is 11.7 Å². The highest BCUT2D eigenvalue weighted by Crippen LogP contribution is 2.31. The number of amides is 1. The van der Waals surface area contributed by atoms with Crippen LogP contribution in [0.2, 0.25) is 0 Å². The van der Waals surface area contributed by atoms with Crippen LogP contribution < -0.4 is 4.90 Å². The predicted molar refractivity (Wildman–Crippen MR) is 80.8 cm³/mol. The lowest BCUT2D eigenvalue weighted by atomic mass is 10.1. The number of carbonyl (C=O) groups excluding carboxylic acids is 2. The third kappa shape index (κ3) is 2.50. The van der Waals surface area contributed by atoms with Crippen molar-refractivity contribution in [1.29, 1.82) is 0 Å². The van der Waals surface area contributed by atoms with Gasteiger partial charge in [0.2, 0.25) is 0 Å². The van der Waals surface area contributed by atoms with E-state index in [0.29, 0.717) is 11.3 Å². The molecule has 1 amide bonds. The van der Waals surface area contributed by atoms with Crippen molar-refractivity contribution < 1.29 is 18.7 Å². The highest BCUT2D eigenvalue weighted by Gasteiger charge is 2.31. The van der Waals surface area contributed by atoms with Crippen molar-refractivity contribution in [2.45, 2.75) is 26.3 Å². The van der Waals surface area contributed by atoms with Crippen molar-refractivity contribution in [1.82, 2.24) is 0 Å². The maximum absolute atomic E-state index is 12.4. The number of aryl methyl sites for hydroxylation is 1. The first-order chi connectivity index (χ1) is 10.6. The zero-order valence-electron chi connectivity index (χ0n) is 12.5. The van der Waals surface area contributed by atoms with E-state index in [9.17, 15) is 9.59 Å². The summed E-state index contributed by atoms with van der Waals surface area (Å²) >= 11 is 0. The molecule has 0 saturated carbocycles. The fraction of sp³-hybridized carbons (Fsp3) is 0.294. The summed E-state index contributed by atoms with van der Waals surface area (Å²) in [5.74, 6) is -0.274. The molecule has 1 aliphatic rings. The topological polar surface area (TPSA) is 59.8 Å². The fourth-order valence-corrected chi connectivity index (χ4v) is 2.82. The largest absolute Gasteiger partial charge is 0.469 e. The molecule has 0 bridgehead atoms. The lowest BCUT2D eigenvalue weighted by Gasteiger charge is -2.22. The minimum Gasteiger partial charge on any atom is -0.469 e. The number of ether oxygens (including phenoxy) is 1. The van der Waals surface area contributed by atoms with Crippen molar-refractivity contribution in [3.05, 3.63) is 53.5 Å². The summed E-state index contributed by atoms with van der Waals surface area (Å²) in [6, 6.07) is 9.40. The Bertz CT molecular complexity index is 719. The molecule has 3 rings (SSSR count). The molecule has 1 aromatic carbocycles. The number of hydrogen-bond donors (Lipinski definition) is 0. The Kier molecular flexibility index (Phi) is 3.71. The molecule has 1 aliphatic heterocycles. The van der Waals surface area contributed by atoms with E-state index in [1.807, 2.05) is 31.2 Å². The first-order valence-corrected chi connectivity index (χ1v) is 7.19. The van der Waals surface area contributed by atoms with Gasteiger partial charge in [-0.3, -0.25) is 4.79 Å². The Morgan fingerprint density at radius 2 is 2.09 bits per heavy atom. The Hall–Kier alpha value is -2.56. The number of benzene rings is 1. The molecule has 0 N–H and O–H groups in total. The zero-order valence-corrected chi connectivity index (χ0v) is 12.5. The number of hydrogen-bond acceptors (Lipinski definition) is 4. The summed E-state index contributed by atoms with van der Waals surface area (Å²) in [6.07, 6.45) is 2.24. The number of esters is 1. The second-order valence-corrected chi connectivity index (χ2v) is 5.41. The Balaban J connectivity index is 1.68. The van der Waals surface area contributed by atoms with E-state index >= 15 is 0 Å². The quantitative estimate of drug-likeness (QED) is 0.818. The standard InChI is InChI=1S/C17H17NO4/c1-11-9-13-5-3-4-6-15(13)18(11)16(19)10-22-17(20)14-7-8-21-12(14)2/h3-8,11H,9-10H2,1-2H3/t11-/m1/s1. The van der Waals surface area contributed by atoms with Crippen molar-refractivity contribution in [2.24, 2.45) is 0 Å². The monoisotopic (exact) mass is 299 g/mol. The number of para-hydroxylation sites is 1. The van der Waals surface area contributed by atoms with Gasteiger partial charge in [-0.05, 0) is 38.0 Å². The summed E-state index contributed by atoms with van der Waals surface area (Å²) in [4.78, 5) is 26.0. The van der Waals surface area contributed by atoms with E-state index in [4.69, 9.17) is 9.15 Å². The second kappa shape index (κ2) is 5.67. The van der Waals surface area contributed by atoms with Gasteiger partial charge in [-0.15, -0.1) is 0 Å². The van der Waals surface area contributed by atoms with Crippen molar-refractivity contribution in [2.75, 3.05) is 11.5 Å². The normalized spacial score (nSPS) is 16.5. The van der Waals surface area contributed by atoms with Crippen LogP contribution in [0.15, 0.2) is 41.0 Å². The molecule has 0 radical (unpaired) electrons. The Morgan fingerprint density at radius 3 is 2.82 bits per heavy atom. The van der Waals surface area contributed by atoms with Crippen LogP contribution in [0, 0.1) is 6.92 Å². The van der Waals surface area contributed by atoms with E-state index in [-0.39, 0.29) is 18.6 Å². The lowest BCUT2D eigenvalue weighted by molar-refractivity contribution is -0.122.